The molecule has 0 bridgehead atoms. The molecule has 0 unspecified atom stereocenters. The zero-order chi connectivity index (χ0) is 20.2. The van der Waals surface area contributed by atoms with Crippen LogP contribution in [0, 0.1) is 0 Å². The number of aromatic nitrogens is 2. The standard InChI is InChI=1S/C20H29BrN2O3Si/c1-7-25-19(24)18-12-17(14-26-27(5,6)20(2,3)4)23(22-18)13-15-9-8-10-16(21)11-15/h8-12H,7,13-14H2,1-6H3. The summed E-state index contributed by atoms with van der Waals surface area (Å²) < 4.78 is 14.3. The van der Waals surface area contributed by atoms with Gasteiger partial charge in [-0.05, 0) is 48.8 Å². The molecule has 1 aromatic carbocycles. The molecule has 27 heavy (non-hydrogen) atoms. The van der Waals surface area contributed by atoms with Gasteiger partial charge in [0.05, 0.1) is 25.5 Å². The second kappa shape index (κ2) is 8.71. The molecule has 0 aliphatic heterocycles. The second-order valence-corrected chi connectivity index (χ2v) is 13.8. The molecule has 0 radical (unpaired) electrons. The smallest absolute Gasteiger partial charge is 0.358 e. The van der Waals surface area contributed by atoms with E-state index in [2.05, 4.69) is 54.9 Å². The molecule has 0 aliphatic carbocycles. The van der Waals surface area contributed by atoms with Gasteiger partial charge in [-0.15, -0.1) is 0 Å². The van der Waals surface area contributed by atoms with Gasteiger partial charge in [0.15, 0.2) is 14.0 Å². The summed E-state index contributed by atoms with van der Waals surface area (Å²) in [7, 11) is -1.91. The summed E-state index contributed by atoms with van der Waals surface area (Å²) in [6, 6.07) is 9.83. The molecule has 0 atom stereocenters. The quantitative estimate of drug-likeness (QED) is 0.417. The molecule has 0 saturated heterocycles. The van der Waals surface area contributed by atoms with Gasteiger partial charge in [0.1, 0.15) is 0 Å². The number of benzene rings is 1. The lowest BCUT2D eigenvalue weighted by Gasteiger charge is -2.36. The predicted octanol–water partition coefficient (Wildman–Crippen LogP) is 5.39. The van der Waals surface area contributed by atoms with E-state index >= 15 is 0 Å². The first-order chi connectivity index (χ1) is 12.5. The number of hydrogen-bond donors (Lipinski definition) is 0. The van der Waals surface area contributed by atoms with Crippen molar-refractivity contribution in [2.24, 2.45) is 0 Å². The van der Waals surface area contributed by atoms with Crippen molar-refractivity contribution in [3.05, 3.63) is 51.8 Å². The molecular weight excluding hydrogens is 424 g/mol. The average molecular weight is 453 g/mol. The molecule has 0 saturated carbocycles. The Morgan fingerprint density at radius 1 is 1.26 bits per heavy atom. The molecular formula is C20H29BrN2O3Si. The molecule has 0 N–H and O–H groups in total. The monoisotopic (exact) mass is 452 g/mol. The summed E-state index contributed by atoms with van der Waals surface area (Å²) in [4.78, 5) is 12.1. The number of hydrogen-bond acceptors (Lipinski definition) is 4. The molecule has 2 rings (SSSR count). The highest BCUT2D eigenvalue weighted by molar-refractivity contribution is 9.10. The third kappa shape index (κ3) is 5.76. The maximum atomic E-state index is 12.1. The van der Waals surface area contributed by atoms with Gasteiger partial charge in [0, 0.05) is 4.47 Å². The second-order valence-electron chi connectivity index (χ2n) is 8.08. The van der Waals surface area contributed by atoms with Crippen LogP contribution in [0.5, 0.6) is 0 Å². The van der Waals surface area contributed by atoms with Gasteiger partial charge in [0.25, 0.3) is 0 Å². The van der Waals surface area contributed by atoms with Crippen molar-refractivity contribution in [3.8, 4) is 0 Å². The number of carbonyl (C=O) groups is 1. The number of nitrogens with zero attached hydrogens (tertiary/aromatic N) is 2. The molecule has 2 aromatic rings. The van der Waals surface area contributed by atoms with Gasteiger partial charge < -0.3 is 9.16 Å². The Balaban J connectivity index is 2.28. The van der Waals surface area contributed by atoms with Crippen molar-refractivity contribution in [1.29, 1.82) is 0 Å². The Hall–Kier alpha value is -1.44. The molecule has 0 fully saturated rings. The maximum Gasteiger partial charge on any atom is 0.358 e. The average Bonchev–Trinajstić information content (AvgIpc) is 2.95. The first-order valence-electron chi connectivity index (χ1n) is 9.16. The van der Waals surface area contributed by atoms with Crippen molar-refractivity contribution in [1.82, 2.24) is 9.78 Å². The van der Waals surface area contributed by atoms with E-state index in [-0.39, 0.29) is 5.04 Å². The van der Waals surface area contributed by atoms with E-state index in [0.29, 0.717) is 25.5 Å². The van der Waals surface area contributed by atoms with Crippen molar-refractivity contribution >= 4 is 30.2 Å². The number of rotatable bonds is 7. The van der Waals surface area contributed by atoms with E-state index < -0.39 is 14.3 Å². The molecule has 1 aromatic heterocycles. The van der Waals surface area contributed by atoms with Gasteiger partial charge in [-0.1, -0.05) is 48.8 Å². The largest absolute Gasteiger partial charge is 0.461 e. The number of carbonyl (C=O) groups excluding carboxylic acids is 1. The van der Waals surface area contributed by atoms with Gasteiger partial charge in [-0.3, -0.25) is 4.68 Å². The Morgan fingerprint density at radius 3 is 2.56 bits per heavy atom. The van der Waals surface area contributed by atoms with Crippen LogP contribution in [0.4, 0.5) is 0 Å². The summed E-state index contributed by atoms with van der Waals surface area (Å²) >= 11 is 3.50. The highest BCUT2D eigenvalue weighted by Gasteiger charge is 2.37. The van der Waals surface area contributed by atoms with Crippen LogP contribution in [0.1, 0.15) is 49.4 Å². The van der Waals surface area contributed by atoms with Crippen LogP contribution in [0.3, 0.4) is 0 Å². The van der Waals surface area contributed by atoms with Crippen molar-refractivity contribution in [3.63, 3.8) is 0 Å². The van der Waals surface area contributed by atoms with E-state index in [0.717, 1.165) is 15.7 Å². The fourth-order valence-electron chi connectivity index (χ4n) is 2.29. The third-order valence-electron chi connectivity index (χ3n) is 4.96. The van der Waals surface area contributed by atoms with E-state index in [1.807, 2.05) is 28.9 Å². The highest BCUT2D eigenvalue weighted by Crippen LogP contribution is 2.37. The highest BCUT2D eigenvalue weighted by atomic mass is 79.9. The molecule has 5 nitrogen and oxygen atoms in total. The van der Waals surface area contributed by atoms with Crippen LogP contribution in [-0.2, 0) is 22.3 Å². The van der Waals surface area contributed by atoms with Crippen LogP contribution in [0.15, 0.2) is 34.8 Å². The first kappa shape index (κ1) is 21.9. The van der Waals surface area contributed by atoms with Crippen LogP contribution < -0.4 is 0 Å². The van der Waals surface area contributed by atoms with E-state index in [9.17, 15) is 4.79 Å². The zero-order valence-electron chi connectivity index (χ0n) is 17.0. The minimum atomic E-state index is -1.91. The normalized spacial score (nSPS) is 12.3. The molecule has 148 valence electrons. The topological polar surface area (TPSA) is 53.4 Å². The third-order valence-corrected chi connectivity index (χ3v) is 9.93. The van der Waals surface area contributed by atoms with Crippen molar-refractivity contribution < 1.29 is 14.0 Å². The van der Waals surface area contributed by atoms with Crippen LogP contribution >= 0.6 is 15.9 Å². The van der Waals surface area contributed by atoms with E-state index in [1.165, 1.54) is 0 Å². The lowest BCUT2D eigenvalue weighted by Crippen LogP contribution is -2.40. The molecule has 7 heteroatoms. The fraction of sp³-hybridized carbons (Fsp3) is 0.500. The maximum absolute atomic E-state index is 12.1. The lowest BCUT2D eigenvalue weighted by atomic mass is 10.2. The van der Waals surface area contributed by atoms with Crippen molar-refractivity contribution in [2.75, 3.05) is 6.61 Å². The lowest BCUT2D eigenvalue weighted by molar-refractivity contribution is 0.0518. The molecule has 1 heterocycles. The fourth-order valence-corrected chi connectivity index (χ4v) is 3.68. The van der Waals surface area contributed by atoms with Gasteiger partial charge >= 0.3 is 5.97 Å². The number of halogens is 1. The molecule has 0 amide bonds. The predicted molar refractivity (Wildman–Crippen MR) is 113 cm³/mol. The van der Waals surface area contributed by atoms with E-state index in [1.54, 1.807) is 13.0 Å². The SMILES string of the molecule is CCOC(=O)c1cc(CO[Si](C)(C)C(C)(C)C)n(Cc2cccc(Br)c2)n1. The van der Waals surface area contributed by atoms with Crippen LogP contribution in [-0.4, -0.2) is 30.7 Å². The Bertz CT molecular complexity index is 797. The number of esters is 1. The zero-order valence-corrected chi connectivity index (χ0v) is 19.6. The summed E-state index contributed by atoms with van der Waals surface area (Å²) in [5.74, 6) is -0.404. The van der Waals surface area contributed by atoms with Gasteiger partial charge in [-0.25, -0.2) is 4.79 Å². The Labute approximate surface area is 171 Å². The van der Waals surface area contributed by atoms with Crippen LogP contribution in [0.2, 0.25) is 18.1 Å². The molecule has 0 spiro atoms. The minimum absolute atomic E-state index is 0.117. The van der Waals surface area contributed by atoms with Gasteiger partial charge in [0.2, 0.25) is 0 Å². The minimum Gasteiger partial charge on any atom is -0.461 e. The summed E-state index contributed by atoms with van der Waals surface area (Å²) in [5.41, 5.74) is 2.29. The summed E-state index contributed by atoms with van der Waals surface area (Å²) in [5, 5.41) is 4.60. The summed E-state index contributed by atoms with van der Waals surface area (Å²) in [6.07, 6.45) is 0. The van der Waals surface area contributed by atoms with Crippen molar-refractivity contribution in [2.45, 2.75) is 59.0 Å². The Kier molecular flexibility index (Phi) is 7.05. The first-order valence-corrected chi connectivity index (χ1v) is 12.9. The summed E-state index contributed by atoms with van der Waals surface area (Å²) in [6.45, 7) is 14.2. The molecule has 0 aliphatic rings. The van der Waals surface area contributed by atoms with Crippen LogP contribution in [0.25, 0.3) is 0 Å². The van der Waals surface area contributed by atoms with Gasteiger partial charge in [-0.2, -0.15) is 5.10 Å². The Morgan fingerprint density at radius 2 is 1.96 bits per heavy atom. The van der Waals surface area contributed by atoms with E-state index in [4.69, 9.17) is 9.16 Å². The number of ether oxygens (including phenoxy) is 1.